The highest BCUT2D eigenvalue weighted by Crippen LogP contribution is 2.15. The summed E-state index contributed by atoms with van der Waals surface area (Å²) in [6, 6.07) is 10.3. The Morgan fingerprint density at radius 2 is 2.06 bits per heavy atom. The minimum atomic E-state index is 0.200. The van der Waals surface area contributed by atoms with Crippen LogP contribution in [0.2, 0.25) is 0 Å². The lowest BCUT2D eigenvalue weighted by atomic mass is 10.2. The highest BCUT2D eigenvalue weighted by Gasteiger charge is 2.08. The Balaban J connectivity index is 1.94. The van der Waals surface area contributed by atoms with E-state index >= 15 is 0 Å². The fraction of sp³-hybridized carbons (Fsp3) is 0.357. The van der Waals surface area contributed by atoms with Crippen LogP contribution in [0, 0.1) is 13.8 Å². The molecular formula is C14H18N2O. The average molecular weight is 230 g/mol. The smallest absolute Gasteiger partial charge is 0.120 e. The van der Waals surface area contributed by atoms with Crippen molar-refractivity contribution in [1.29, 1.82) is 0 Å². The molecule has 0 saturated heterocycles. The Labute approximate surface area is 102 Å². The van der Waals surface area contributed by atoms with E-state index in [1.54, 1.807) is 0 Å². The molecule has 3 nitrogen and oxygen atoms in total. The first-order valence-electron chi connectivity index (χ1n) is 5.87. The molecule has 1 N–H and O–H groups in total. The zero-order valence-corrected chi connectivity index (χ0v) is 10.5. The maximum absolute atomic E-state index is 5.57. The van der Waals surface area contributed by atoms with Crippen LogP contribution in [-0.4, -0.2) is 4.98 Å². The Morgan fingerprint density at radius 1 is 1.24 bits per heavy atom. The molecule has 2 aromatic heterocycles. The molecule has 2 aromatic rings. The molecule has 0 spiro atoms. The molecular weight excluding hydrogens is 212 g/mol. The van der Waals surface area contributed by atoms with Gasteiger partial charge < -0.3 is 9.73 Å². The van der Waals surface area contributed by atoms with E-state index in [0.717, 1.165) is 29.5 Å². The van der Waals surface area contributed by atoms with Crippen molar-refractivity contribution in [3.8, 4) is 0 Å². The van der Waals surface area contributed by atoms with E-state index in [-0.39, 0.29) is 6.04 Å². The lowest BCUT2D eigenvalue weighted by Crippen LogP contribution is -2.18. The van der Waals surface area contributed by atoms with E-state index < -0.39 is 0 Å². The van der Waals surface area contributed by atoms with Gasteiger partial charge in [0.15, 0.2) is 0 Å². The first-order valence-corrected chi connectivity index (χ1v) is 5.87. The van der Waals surface area contributed by atoms with E-state index in [2.05, 4.69) is 17.2 Å². The fourth-order valence-corrected chi connectivity index (χ4v) is 1.74. The number of aryl methyl sites for hydroxylation is 2. The summed E-state index contributed by atoms with van der Waals surface area (Å²) in [6.45, 7) is 6.80. The molecule has 1 atom stereocenters. The van der Waals surface area contributed by atoms with Gasteiger partial charge in [0.2, 0.25) is 0 Å². The molecule has 0 bridgehead atoms. The molecule has 0 aliphatic heterocycles. The molecule has 0 saturated carbocycles. The lowest BCUT2D eigenvalue weighted by Gasteiger charge is -2.11. The second kappa shape index (κ2) is 5.15. The van der Waals surface area contributed by atoms with Gasteiger partial charge >= 0.3 is 0 Å². The maximum Gasteiger partial charge on any atom is 0.120 e. The minimum Gasteiger partial charge on any atom is -0.465 e. The summed E-state index contributed by atoms with van der Waals surface area (Å²) in [4.78, 5) is 4.45. The number of pyridine rings is 1. The molecule has 0 aliphatic rings. The summed E-state index contributed by atoms with van der Waals surface area (Å²) >= 11 is 0. The van der Waals surface area contributed by atoms with Crippen LogP contribution in [0.1, 0.15) is 35.9 Å². The average Bonchev–Trinajstić information content (AvgIpc) is 2.73. The summed E-state index contributed by atoms with van der Waals surface area (Å²) in [6.07, 6.45) is 0. The van der Waals surface area contributed by atoms with Crippen molar-refractivity contribution in [2.45, 2.75) is 33.4 Å². The van der Waals surface area contributed by atoms with Crippen LogP contribution in [0.25, 0.3) is 0 Å². The zero-order chi connectivity index (χ0) is 12.3. The first kappa shape index (κ1) is 11.9. The second-order valence-electron chi connectivity index (χ2n) is 4.32. The Bertz CT molecular complexity index is 490. The minimum absolute atomic E-state index is 0.200. The fourth-order valence-electron chi connectivity index (χ4n) is 1.74. The summed E-state index contributed by atoms with van der Waals surface area (Å²) in [5, 5.41) is 3.40. The van der Waals surface area contributed by atoms with Crippen LogP contribution in [0.15, 0.2) is 34.7 Å². The Kier molecular flexibility index (Phi) is 3.59. The number of nitrogens with zero attached hydrogens (tertiary/aromatic N) is 1. The Morgan fingerprint density at radius 3 is 2.71 bits per heavy atom. The molecule has 0 fully saturated rings. The van der Waals surface area contributed by atoms with Crippen molar-refractivity contribution >= 4 is 0 Å². The van der Waals surface area contributed by atoms with Gasteiger partial charge in [-0.05, 0) is 45.0 Å². The van der Waals surface area contributed by atoms with Crippen LogP contribution in [0.5, 0.6) is 0 Å². The Hall–Kier alpha value is -1.61. The predicted molar refractivity (Wildman–Crippen MR) is 67.7 cm³/mol. The standard InChI is InChI=1S/C14H18N2O/c1-10-5-4-6-13(16-10)9-15-12(3)14-8-7-11(2)17-14/h4-8,12,15H,9H2,1-3H3. The van der Waals surface area contributed by atoms with E-state index in [4.69, 9.17) is 4.42 Å². The quantitative estimate of drug-likeness (QED) is 0.876. The van der Waals surface area contributed by atoms with Gasteiger partial charge in [0.1, 0.15) is 11.5 Å². The number of furan rings is 1. The van der Waals surface area contributed by atoms with E-state index in [0.29, 0.717) is 0 Å². The predicted octanol–water partition coefficient (Wildman–Crippen LogP) is 3.14. The zero-order valence-electron chi connectivity index (χ0n) is 10.5. The van der Waals surface area contributed by atoms with Crippen molar-refractivity contribution < 1.29 is 4.42 Å². The topological polar surface area (TPSA) is 38.1 Å². The maximum atomic E-state index is 5.57. The van der Waals surface area contributed by atoms with Gasteiger partial charge in [0.25, 0.3) is 0 Å². The van der Waals surface area contributed by atoms with Gasteiger partial charge in [-0.25, -0.2) is 0 Å². The van der Waals surface area contributed by atoms with Crippen molar-refractivity contribution in [1.82, 2.24) is 10.3 Å². The lowest BCUT2D eigenvalue weighted by molar-refractivity contribution is 0.414. The van der Waals surface area contributed by atoms with Crippen molar-refractivity contribution in [3.05, 3.63) is 53.2 Å². The summed E-state index contributed by atoms with van der Waals surface area (Å²) < 4.78 is 5.57. The molecule has 0 aromatic carbocycles. The number of rotatable bonds is 4. The van der Waals surface area contributed by atoms with Crippen LogP contribution < -0.4 is 5.32 Å². The van der Waals surface area contributed by atoms with Gasteiger partial charge in [0, 0.05) is 12.2 Å². The van der Waals surface area contributed by atoms with Crippen molar-refractivity contribution in [2.24, 2.45) is 0 Å². The molecule has 2 heterocycles. The second-order valence-corrected chi connectivity index (χ2v) is 4.32. The van der Waals surface area contributed by atoms with Crippen LogP contribution in [0.3, 0.4) is 0 Å². The normalized spacial score (nSPS) is 12.6. The van der Waals surface area contributed by atoms with Crippen LogP contribution >= 0.6 is 0 Å². The van der Waals surface area contributed by atoms with Crippen LogP contribution in [0.4, 0.5) is 0 Å². The number of aromatic nitrogens is 1. The number of nitrogens with one attached hydrogen (secondary N) is 1. The van der Waals surface area contributed by atoms with E-state index in [1.807, 2.05) is 44.2 Å². The van der Waals surface area contributed by atoms with Crippen LogP contribution in [-0.2, 0) is 6.54 Å². The molecule has 90 valence electrons. The van der Waals surface area contributed by atoms with Gasteiger partial charge in [-0.1, -0.05) is 6.07 Å². The SMILES string of the molecule is Cc1cccc(CNC(C)c2ccc(C)o2)n1. The van der Waals surface area contributed by atoms with Gasteiger partial charge in [-0.3, -0.25) is 4.98 Å². The summed E-state index contributed by atoms with van der Waals surface area (Å²) in [7, 11) is 0. The molecule has 2 rings (SSSR count). The summed E-state index contributed by atoms with van der Waals surface area (Å²) in [5.74, 6) is 1.91. The molecule has 1 unspecified atom stereocenters. The molecule has 0 amide bonds. The van der Waals surface area contributed by atoms with E-state index in [1.165, 1.54) is 0 Å². The number of hydrogen-bond donors (Lipinski definition) is 1. The monoisotopic (exact) mass is 230 g/mol. The van der Waals surface area contributed by atoms with Gasteiger partial charge in [-0.2, -0.15) is 0 Å². The molecule has 0 aliphatic carbocycles. The third kappa shape index (κ3) is 3.17. The van der Waals surface area contributed by atoms with Gasteiger partial charge in [0.05, 0.1) is 11.7 Å². The van der Waals surface area contributed by atoms with Crippen molar-refractivity contribution in [3.63, 3.8) is 0 Å². The number of hydrogen-bond acceptors (Lipinski definition) is 3. The largest absolute Gasteiger partial charge is 0.465 e. The van der Waals surface area contributed by atoms with E-state index in [9.17, 15) is 0 Å². The molecule has 0 radical (unpaired) electrons. The molecule has 3 heteroatoms. The van der Waals surface area contributed by atoms with Crippen molar-refractivity contribution in [2.75, 3.05) is 0 Å². The van der Waals surface area contributed by atoms with Gasteiger partial charge in [-0.15, -0.1) is 0 Å². The molecule has 17 heavy (non-hydrogen) atoms. The summed E-state index contributed by atoms with van der Waals surface area (Å²) in [5.41, 5.74) is 2.10. The third-order valence-corrected chi connectivity index (χ3v) is 2.72. The third-order valence-electron chi connectivity index (χ3n) is 2.72. The highest BCUT2D eigenvalue weighted by atomic mass is 16.3. The highest BCUT2D eigenvalue weighted by molar-refractivity contribution is 5.11. The first-order chi connectivity index (χ1) is 8.15.